The first-order valence-corrected chi connectivity index (χ1v) is 13.4. The number of sulfonamides is 1. The van der Waals surface area contributed by atoms with Crippen LogP contribution in [0, 0.1) is 0 Å². The highest BCUT2D eigenvalue weighted by molar-refractivity contribution is 7.89. The molecule has 2 saturated heterocycles. The average Bonchev–Trinajstić information content (AvgIpc) is 3.40. The SMILES string of the molecule is C[C@@H](NCc1ccccc1CN1CCOCC1)C(=O)Nc1ccc(S(=O)(=O)N2CCCC2)cc1. The van der Waals surface area contributed by atoms with Gasteiger partial charge in [0.2, 0.25) is 15.9 Å². The fourth-order valence-corrected chi connectivity index (χ4v) is 5.80. The van der Waals surface area contributed by atoms with E-state index in [4.69, 9.17) is 4.74 Å². The first-order chi connectivity index (χ1) is 16.4. The van der Waals surface area contributed by atoms with Crippen LogP contribution < -0.4 is 10.6 Å². The summed E-state index contributed by atoms with van der Waals surface area (Å²) in [5.41, 5.74) is 3.00. The van der Waals surface area contributed by atoms with Crippen molar-refractivity contribution in [2.24, 2.45) is 0 Å². The predicted octanol–water partition coefficient (Wildman–Crippen LogP) is 2.42. The molecule has 2 heterocycles. The summed E-state index contributed by atoms with van der Waals surface area (Å²) >= 11 is 0. The summed E-state index contributed by atoms with van der Waals surface area (Å²) in [5, 5.41) is 6.19. The van der Waals surface area contributed by atoms with Gasteiger partial charge < -0.3 is 15.4 Å². The van der Waals surface area contributed by atoms with Gasteiger partial charge in [-0.25, -0.2) is 8.42 Å². The molecule has 1 amide bonds. The zero-order valence-corrected chi connectivity index (χ0v) is 20.5. The second-order valence-electron chi connectivity index (χ2n) is 8.88. The van der Waals surface area contributed by atoms with Gasteiger partial charge in [0.25, 0.3) is 0 Å². The van der Waals surface area contributed by atoms with Gasteiger partial charge in [-0.3, -0.25) is 9.69 Å². The second kappa shape index (κ2) is 11.4. The van der Waals surface area contributed by atoms with Crippen molar-refractivity contribution >= 4 is 21.6 Å². The normalized spacial score (nSPS) is 18.6. The fraction of sp³-hybridized carbons (Fsp3) is 0.480. The quantitative estimate of drug-likeness (QED) is 0.566. The van der Waals surface area contributed by atoms with E-state index in [1.165, 1.54) is 15.4 Å². The lowest BCUT2D eigenvalue weighted by molar-refractivity contribution is -0.117. The number of anilines is 1. The predicted molar refractivity (Wildman–Crippen MR) is 132 cm³/mol. The van der Waals surface area contributed by atoms with Crippen LogP contribution in [0.2, 0.25) is 0 Å². The van der Waals surface area contributed by atoms with Gasteiger partial charge in [-0.1, -0.05) is 24.3 Å². The van der Waals surface area contributed by atoms with Crippen molar-refractivity contribution in [2.45, 2.75) is 43.8 Å². The Morgan fingerprint density at radius 2 is 1.62 bits per heavy atom. The molecule has 0 spiro atoms. The molecule has 0 bridgehead atoms. The molecule has 2 aromatic rings. The summed E-state index contributed by atoms with van der Waals surface area (Å²) in [7, 11) is -3.46. The number of hydrogen-bond acceptors (Lipinski definition) is 6. The van der Waals surface area contributed by atoms with Crippen molar-refractivity contribution in [3.8, 4) is 0 Å². The number of hydrogen-bond donors (Lipinski definition) is 2. The average molecular weight is 487 g/mol. The molecule has 0 aliphatic carbocycles. The van der Waals surface area contributed by atoms with Crippen molar-refractivity contribution in [2.75, 3.05) is 44.7 Å². The molecule has 2 fully saturated rings. The summed E-state index contributed by atoms with van der Waals surface area (Å²) < 4.78 is 32.3. The first kappa shape index (κ1) is 24.8. The maximum Gasteiger partial charge on any atom is 0.243 e. The van der Waals surface area contributed by atoms with E-state index in [0.29, 0.717) is 25.3 Å². The summed E-state index contributed by atoms with van der Waals surface area (Å²) in [6, 6.07) is 14.3. The third-order valence-corrected chi connectivity index (χ3v) is 8.35. The minimum absolute atomic E-state index is 0.166. The third kappa shape index (κ3) is 6.22. The standard InChI is InChI=1S/C25H34N4O4S/c1-20(26-18-21-6-2-3-7-22(21)19-28-14-16-33-17-15-28)25(30)27-23-8-10-24(11-9-23)34(31,32)29-12-4-5-13-29/h2-3,6-11,20,26H,4-5,12-19H2,1H3,(H,27,30)/t20-/m1/s1. The Labute approximate surface area is 202 Å². The van der Waals surface area contributed by atoms with Crippen LogP contribution in [0.3, 0.4) is 0 Å². The maximum absolute atomic E-state index is 12.7. The van der Waals surface area contributed by atoms with Crippen molar-refractivity contribution in [1.29, 1.82) is 0 Å². The Kier molecular flexibility index (Phi) is 8.33. The smallest absolute Gasteiger partial charge is 0.243 e. The molecule has 34 heavy (non-hydrogen) atoms. The second-order valence-corrected chi connectivity index (χ2v) is 10.8. The minimum atomic E-state index is -3.46. The van der Waals surface area contributed by atoms with Crippen LogP contribution in [0.4, 0.5) is 5.69 Å². The van der Waals surface area contributed by atoms with Crippen LogP contribution in [-0.4, -0.2) is 69.0 Å². The van der Waals surface area contributed by atoms with Gasteiger partial charge in [-0.2, -0.15) is 4.31 Å². The Hall–Kier alpha value is -2.30. The minimum Gasteiger partial charge on any atom is -0.379 e. The fourth-order valence-electron chi connectivity index (χ4n) is 4.28. The van der Waals surface area contributed by atoms with Crippen LogP contribution >= 0.6 is 0 Å². The summed E-state index contributed by atoms with van der Waals surface area (Å²) in [6.07, 6.45) is 1.80. The van der Waals surface area contributed by atoms with E-state index in [-0.39, 0.29) is 10.8 Å². The van der Waals surface area contributed by atoms with E-state index >= 15 is 0 Å². The van der Waals surface area contributed by atoms with Crippen LogP contribution in [0.5, 0.6) is 0 Å². The van der Waals surface area contributed by atoms with Gasteiger partial charge in [0.1, 0.15) is 0 Å². The summed E-state index contributed by atoms with van der Waals surface area (Å²) in [6.45, 7) is 7.81. The van der Waals surface area contributed by atoms with Gasteiger partial charge in [-0.05, 0) is 55.2 Å². The van der Waals surface area contributed by atoms with Crippen LogP contribution in [0.15, 0.2) is 53.4 Å². The van der Waals surface area contributed by atoms with Crippen molar-refractivity contribution < 1.29 is 17.9 Å². The number of ether oxygens (including phenoxy) is 1. The highest BCUT2D eigenvalue weighted by Gasteiger charge is 2.27. The molecular weight excluding hydrogens is 452 g/mol. The highest BCUT2D eigenvalue weighted by Crippen LogP contribution is 2.22. The largest absolute Gasteiger partial charge is 0.379 e. The zero-order chi connectivity index (χ0) is 24.0. The molecule has 1 atom stereocenters. The van der Waals surface area contributed by atoms with Gasteiger partial charge >= 0.3 is 0 Å². The lowest BCUT2D eigenvalue weighted by atomic mass is 10.1. The van der Waals surface area contributed by atoms with Gasteiger partial charge in [0, 0.05) is 45.0 Å². The van der Waals surface area contributed by atoms with E-state index in [1.54, 1.807) is 24.3 Å². The molecular formula is C25H34N4O4S. The Morgan fingerprint density at radius 3 is 2.29 bits per heavy atom. The van der Waals surface area contributed by atoms with Crippen LogP contribution in [0.25, 0.3) is 0 Å². The summed E-state index contributed by atoms with van der Waals surface area (Å²) in [4.78, 5) is 15.3. The number of rotatable bonds is 9. The lowest BCUT2D eigenvalue weighted by Gasteiger charge is -2.27. The van der Waals surface area contributed by atoms with Crippen molar-refractivity contribution in [1.82, 2.24) is 14.5 Å². The van der Waals surface area contributed by atoms with Gasteiger partial charge in [-0.15, -0.1) is 0 Å². The molecule has 4 rings (SSSR count). The monoisotopic (exact) mass is 486 g/mol. The molecule has 2 N–H and O–H groups in total. The maximum atomic E-state index is 12.7. The molecule has 0 saturated carbocycles. The lowest BCUT2D eigenvalue weighted by Crippen LogP contribution is -2.38. The summed E-state index contributed by atoms with van der Waals surface area (Å²) in [5.74, 6) is -0.166. The number of morpholine rings is 1. The van der Waals surface area contributed by atoms with E-state index < -0.39 is 16.1 Å². The number of benzene rings is 2. The number of nitrogens with one attached hydrogen (secondary N) is 2. The highest BCUT2D eigenvalue weighted by atomic mass is 32.2. The molecule has 0 unspecified atom stereocenters. The Bertz CT molecular complexity index is 1060. The molecule has 2 aliphatic heterocycles. The molecule has 0 radical (unpaired) electrons. The topological polar surface area (TPSA) is 91.0 Å². The van der Waals surface area contributed by atoms with Crippen molar-refractivity contribution in [3.63, 3.8) is 0 Å². The third-order valence-electron chi connectivity index (χ3n) is 6.43. The molecule has 184 valence electrons. The van der Waals surface area contributed by atoms with Crippen LogP contribution in [-0.2, 0) is 32.6 Å². The molecule has 9 heteroatoms. The van der Waals surface area contributed by atoms with Gasteiger partial charge in [0.05, 0.1) is 24.2 Å². The van der Waals surface area contributed by atoms with E-state index in [9.17, 15) is 13.2 Å². The Balaban J connectivity index is 1.30. The van der Waals surface area contributed by atoms with E-state index in [0.717, 1.165) is 45.7 Å². The molecule has 2 aliphatic rings. The number of nitrogens with zero attached hydrogens (tertiary/aromatic N) is 2. The molecule has 0 aromatic heterocycles. The first-order valence-electron chi connectivity index (χ1n) is 11.9. The van der Waals surface area contributed by atoms with Crippen molar-refractivity contribution in [3.05, 3.63) is 59.7 Å². The van der Waals surface area contributed by atoms with Crippen LogP contribution in [0.1, 0.15) is 30.9 Å². The molecule has 2 aromatic carbocycles. The molecule has 8 nitrogen and oxygen atoms in total. The zero-order valence-electron chi connectivity index (χ0n) is 19.7. The van der Waals surface area contributed by atoms with Gasteiger partial charge in [0.15, 0.2) is 0 Å². The Morgan fingerprint density at radius 1 is 0.971 bits per heavy atom. The number of amides is 1. The number of carbonyl (C=O) groups is 1. The van der Waals surface area contributed by atoms with E-state index in [1.807, 2.05) is 19.1 Å². The number of carbonyl (C=O) groups excluding carboxylic acids is 1. The van der Waals surface area contributed by atoms with E-state index in [2.05, 4.69) is 27.7 Å².